The van der Waals surface area contributed by atoms with Crippen LogP contribution in [0.3, 0.4) is 0 Å². The molecule has 0 bridgehead atoms. The lowest BCUT2D eigenvalue weighted by atomic mass is 10.0. The van der Waals surface area contributed by atoms with Crippen molar-refractivity contribution < 1.29 is 28.6 Å². The fraction of sp³-hybridized carbons (Fsp3) is 0.883. The van der Waals surface area contributed by atoms with E-state index in [1.807, 2.05) is 0 Å². The van der Waals surface area contributed by atoms with Gasteiger partial charge in [0.05, 0.1) is 0 Å². The summed E-state index contributed by atoms with van der Waals surface area (Å²) < 4.78 is 17.0. The molecular formula is C77H144O6. The minimum absolute atomic E-state index is 0.0682. The Labute approximate surface area is 518 Å². The molecule has 0 aliphatic heterocycles. The van der Waals surface area contributed by atoms with Gasteiger partial charge in [-0.2, -0.15) is 0 Å². The molecule has 0 saturated carbocycles. The van der Waals surface area contributed by atoms with Crippen molar-refractivity contribution in [3.8, 4) is 0 Å². The molecule has 0 amide bonds. The van der Waals surface area contributed by atoms with Crippen molar-refractivity contribution in [3.63, 3.8) is 0 Å². The smallest absolute Gasteiger partial charge is 0.306 e. The van der Waals surface area contributed by atoms with E-state index >= 15 is 0 Å². The molecule has 0 aliphatic rings. The highest BCUT2D eigenvalue weighted by Gasteiger charge is 2.20. The van der Waals surface area contributed by atoms with E-state index in [1.165, 1.54) is 308 Å². The Kier molecular flexibility index (Phi) is 70.0. The molecule has 0 saturated heterocycles. The highest BCUT2D eigenvalue weighted by atomic mass is 16.6. The zero-order valence-corrected chi connectivity index (χ0v) is 56.2. The number of carbonyl (C=O) groups is 3. The number of esters is 3. The number of ether oxygens (including phenoxy) is 3. The van der Waals surface area contributed by atoms with E-state index in [0.717, 1.165) is 70.6 Å². The van der Waals surface area contributed by atoms with Crippen LogP contribution in [0, 0.1) is 0 Å². The topological polar surface area (TPSA) is 78.9 Å². The van der Waals surface area contributed by atoms with Crippen LogP contribution in [0.1, 0.15) is 419 Å². The first-order chi connectivity index (χ1) is 41.0. The Morgan fingerprint density at radius 2 is 0.434 bits per heavy atom. The van der Waals surface area contributed by atoms with Crippen LogP contribution in [0.2, 0.25) is 0 Å². The molecule has 0 radical (unpaired) electrons. The van der Waals surface area contributed by atoms with Crippen molar-refractivity contribution in [1.29, 1.82) is 0 Å². The summed E-state index contributed by atoms with van der Waals surface area (Å²) in [6.07, 6.45) is 90.5. The summed E-state index contributed by atoms with van der Waals surface area (Å²) in [6, 6.07) is 0. The monoisotopic (exact) mass is 1170 g/mol. The molecule has 0 aromatic heterocycles. The third kappa shape index (κ3) is 70.3. The van der Waals surface area contributed by atoms with Crippen molar-refractivity contribution in [2.75, 3.05) is 13.2 Å². The molecule has 0 N–H and O–H groups in total. The van der Waals surface area contributed by atoms with E-state index < -0.39 is 6.10 Å². The Morgan fingerprint density at radius 1 is 0.241 bits per heavy atom. The van der Waals surface area contributed by atoms with Crippen LogP contribution in [0.4, 0.5) is 0 Å². The molecular weight excluding hydrogens is 1020 g/mol. The van der Waals surface area contributed by atoms with E-state index in [-0.39, 0.29) is 31.1 Å². The van der Waals surface area contributed by atoms with Crippen LogP contribution in [-0.2, 0) is 28.6 Å². The lowest BCUT2D eigenvalue weighted by Crippen LogP contribution is -2.30. The largest absolute Gasteiger partial charge is 0.462 e. The molecule has 1 unspecified atom stereocenters. The normalized spacial score (nSPS) is 12.2. The molecule has 0 aromatic carbocycles. The first-order valence-electron chi connectivity index (χ1n) is 37.5. The highest BCUT2D eigenvalue weighted by Crippen LogP contribution is 2.19. The second-order valence-electron chi connectivity index (χ2n) is 25.6. The Bertz CT molecular complexity index is 1380. The number of hydrogen-bond acceptors (Lipinski definition) is 6. The number of hydrogen-bond donors (Lipinski definition) is 0. The van der Waals surface area contributed by atoms with Gasteiger partial charge in [0.25, 0.3) is 0 Å². The molecule has 0 spiro atoms. The van der Waals surface area contributed by atoms with E-state index in [4.69, 9.17) is 14.2 Å². The molecule has 6 heteroatoms. The summed E-state index contributed by atoms with van der Waals surface area (Å²) in [6.45, 7) is 6.70. The maximum atomic E-state index is 13.0. The van der Waals surface area contributed by atoms with Crippen LogP contribution in [-0.4, -0.2) is 37.2 Å². The first-order valence-corrected chi connectivity index (χ1v) is 37.5. The van der Waals surface area contributed by atoms with Gasteiger partial charge in [-0.05, 0) is 77.0 Å². The Balaban J connectivity index is 4.19. The summed E-state index contributed by atoms with van der Waals surface area (Å²) in [5.41, 5.74) is 0. The maximum absolute atomic E-state index is 13.0. The number of carbonyl (C=O) groups excluding carboxylic acids is 3. The van der Waals surface area contributed by atoms with Crippen molar-refractivity contribution in [2.24, 2.45) is 0 Å². The summed E-state index contributed by atoms with van der Waals surface area (Å²) in [7, 11) is 0. The third-order valence-corrected chi connectivity index (χ3v) is 17.1. The fourth-order valence-corrected chi connectivity index (χ4v) is 11.5. The fourth-order valence-electron chi connectivity index (χ4n) is 11.5. The molecule has 0 rings (SSSR count). The lowest BCUT2D eigenvalue weighted by molar-refractivity contribution is -0.167. The molecule has 488 valence electrons. The van der Waals surface area contributed by atoms with Gasteiger partial charge in [-0.25, -0.2) is 0 Å². The standard InChI is InChI=1S/C77H144O6/c1-4-7-10-13-16-19-22-25-28-31-33-34-35-36-37-38-39-40-41-42-43-44-45-47-49-52-55-58-61-64-67-70-76(79)82-73-74(72-81-75(78)69-66-63-60-57-54-51-48-30-27-24-21-18-15-12-9-6-3)83-77(80)71-68-65-62-59-56-53-50-46-32-29-26-23-20-17-14-11-8-5-2/h22,25,30-31,33,48,74H,4-21,23-24,26-29,32,34-47,49-73H2,1-3H3/b25-22-,33-31-,48-30-. The molecule has 0 heterocycles. The van der Waals surface area contributed by atoms with E-state index in [1.54, 1.807) is 0 Å². The number of rotatable bonds is 70. The third-order valence-electron chi connectivity index (χ3n) is 17.1. The molecule has 1 atom stereocenters. The van der Waals surface area contributed by atoms with E-state index in [0.29, 0.717) is 19.3 Å². The first kappa shape index (κ1) is 80.6. The van der Waals surface area contributed by atoms with Crippen molar-refractivity contribution in [3.05, 3.63) is 36.5 Å². The van der Waals surface area contributed by atoms with Crippen LogP contribution in [0.15, 0.2) is 36.5 Å². The lowest BCUT2D eigenvalue weighted by Gasteiger charge is -2.18. The molecule has 0 aliphatic carbocycles. The predicted octanol–water partition coefficient (Wildman–Crippen LogP) is 25.9. The zero-order chi connectivity index (χ0) is 59.9. The number of allylic oxidation sites excluding steroid dienone is 6. The van der Waals surface area contributed by atoms with Gasteiger partial charge in [0.2, 0.25) is 0 Å². The van der Waals surface area contributed by atoms with E-state index in [2.05, 4.69) is 57.2 Å². The number of unbranched alkanes of at least 4 members (excludes halogenated alkanes) is 53. The van der Waals surface area contributed by atoms with Crippen molar-refractivity contribution in [2.45, 2.75) is 425 Å². The summed E-state index contributed by atoms with van der Waals surface area (Å²) >= 11 is 0. The van der Waals surface area contributed by atoms with Gasteiger partial charge in [0, 0.05) is 19.3 Å². The van der Waals surface area contributed by atoms with Gasteiger partial charge < -0.3 is 14.2 Å². The Hall–Kier alpha value is -2.37. The van der Waals surface area contributed by atoms with Gasteiger partial charge in [-0.3, -0.25) is 14.4 Å². The van der Waals surface area contributed by atoms with E-state index in [9.17, 15) is 14.4 Å². The van der Waals surface area contributed by atoms with Gasteiger partial charge in [0.1, 0.15) is 13.2 Å². The molecule has 83 heavy (non-hydrogen) atoms. The molecule has 0 fully saturated rings. The second-order valence-corrected chi connectivity index (χ2v) is 25.6. The minimum Gasteiger partial charge on any atom is -0.462 e. The molecule has 6 nitrogen and oxygen atoms in total. The van der Waals surface area contributed by atoms with Crippen molar-refractivity contribution in [1.82, 2.24) is 0 Å². The quantitative estimate of drug-likeness (QED) is 0.0261. The average molecular weight is 1170 g/mol. The van der Waals surface area contributed by atoms with Crippen LogP contribution >= 0.6 is 0 Å². The SMILES string of the molecule is CCCCCCC/C=C\C/C=C\CCCCCCCCCCCCCCCCCCCCCC(=O)OCC(COC(=O)CCCCCCC/C=C\CCCCCCCCC)OC(=O)CCCCCCCCCCCCCCCCCCCC. The highest BCUT2D eigenvalue weighted by molar-refractivity contribution is 5.71. The van der Waals surface area contributed by atoms with Crippen LogP contribution < -0.4 is 0 Å². The van der Waals surface area contributed by atoms with Crippen molar-refractivity contribution >= 4 is 17.9 Å². The average Bonchev–Trinajstić information content (AvgIpc) is 3.49. The maximum Gasteiger partial charge on any atom is 0.306 e. The zero-order valence-electron chi connectivity index (χ0n) is 56.2. The summed E-state index contributed by atoms with van der Waals surface area (Å²) in [5.74, 6) is -0.843. The van der Waals surface area contributed by atoms with Gasteiger partial charge in [-0.1, -0.05) is 359 Å². The van der Waals surface area contributed by atoms with Gasteiger partial charge in [-0.15, -0.1) is 0 Å². The summed E-state index contributed by atoms with van der Waals surface area (Å²) in [5, 5.41) is 0. The minimum atomic E-state index is -0.773. The van der Waals surface area contributed by atoms with Crippen LogP contribution in [0.5, 0.6) is 0 Å². The van der Waals surface area contributed by atoms with Gasteiger partial charge in [0.15, 0.2) is 6.10 Å². The second kappa shape index (κ2) is 72.1. The molecule has 0 aromatic rings. The summed E-state index contributed by atoms with van der Waals surface area (Å²) in [4.78, 5) is 38.5. The van der Waals surface area contributed by atoms with Crippen LogP contribution in [0.25, 0.3) is 0 Å². The Morgan fingerprint density at radius 3 is 0.675 bits per heavy atom. The van der Waals surface area contributed by atoms with Gasteiger partial charge >= 0.3 is 17.9 Å². The predicted molar refractivity (Wildman–Crippen MR) is 362 cm³/mol.